The molecule has 5 aromatic rings. The zero-order chi connectivity index (χ0) is 31.0. The molecule has 0 spiro atoms. The van der Waals surface area contributed by atoms with Crippen LogP contribution in [0.2, 0.25) is 0 Å². The Kier molecular flexibility index (Phi) is 7.99. The second-order valence-electron chi connectivity index (χ2n) is 11.1. The summed E-state index contributed by atoms with van der Waals surface area (Å²) in [6, 6.07) is 9.30. The van der Waals surface area contributed by atoms with Crippen molar-refractivity contribution in [2.75, 3.05) is 36.1 Å². The highest BCUT2D eigenvalue weighted by Gasteiger charge is 2.31. The number of likely N-dealkylation sites (tertiary alicyclic amines) is 1. The van der Waals surface area contributed by atoms with Crippen LogP contribution in [-0.2, 0) is 6.18 Å². The number of nitrogens with one attached hydrogen (secondary N) is 3. The number of carbonyl (C=O) groups is 1. The van der Waals surface area contributed by atoms with E-state index in [-0.39, 0.29) is 11.6 Å². The highest BCUT2D eigenvalue weighted by atomic mass is 32.1. The third-order valence-electron chi connectivity index (χ3n) is 7.69. The van der Waals surface area contributed by atoms with E-state index >= 15 is 0 Å². The van der Waals surface area contributed by atoms with Gasteiger partial charge in [-0.15, -0.1) is 11.3 Å². The normalized spacial score (nSPS) is 14.6. The molecular formula is C31H31F3N8OS. The van der Waals surface area contributed by atoms with Gasteiger partial charge in [0.05, 0.1) is 33.4 Å². The lowest BCUT2D eigenvalue weighted by Crippen LogP contribution is -2.36. The molecule has 1 aliphatic rings. The molecule has 1 saturated heterocycles. The number of aromatic nitrogens is 4. The first-order chi connectivity index (χ1) is 21.0. The molecule has 2 aromatic carbocycles. The van der Waals surface area contributed by atoms with Crippen molar-refractivity contribution in [2.45, 2.75) is 38.9 Å². The van der Waals surface area contributed by atoms with Gasteiger partial charge in [-0.3, -0.25) is 4.79 Å². The monoisotopic (exact) mass is 620 g/mol. The number of nitrogens with zero attached hydrogens (tertiary/aromatic N) is 5. The number of benzene rings is 2. The van der Waals surface area contributed by atoms with Crippen LogP contribution in [-0.4, -0.2) is 56.5 Å². The van der Waals surface area contributed by atoms with Crippen LogP contribution in [0, 0.1) is 13.8 Å². The Morgan fingerprint density at radius 2 is 1.82 bits per heavy atom. The van der Waals surface area contributed by atoms with Crippen LogP contribution in [0.4, 0.5) is 36.1 Å². The maximum Gasteiger partial charge on any atom is 0.416 e. The van der Waals surface area contributed by atoms with Gasteiger partial charge in [0.15, 0.2) is 0 Å². The summed E-state index contributed by atoms with van der Waals surface area (Å²) in [4.78, 5) is 28.7. The summed E-state index contributed by atoms with van der Waals surface area (Å²) in [7, 11) is 2.11. The second-order valence-corrected chi connectivity index (χ2v) is 11.9. The molecular weight excluding hydrogens is 589 g/mol. The zero-order valence-electron chi connectivity index (χ0n) is 24.4. The minimum absolute atomic E-state index is 0.243. The number of alkyl halides is 3. The average molecular weight is 621 g/mol. The minimum atomic E-state index is -4.54. The number of halogens is 3. The van der Waals surface area contributed by atoms with Gasteiger partial charge in [-0.05, 0) is 82.7 Å². The zero-order valence-corrected chi connectivity index (χ0v) is 25.2. The number of rotatable bonds is 7. The van der Waals surface area contributed by atoms with E-state index in [1.54, 1.807) is 47.3 Å². The van der Waals surface area contributed by atoms with E-state index in [0.717, 1.165) is 54.1 Å². The van der Waals surface area contributed by atoms with Crippen LogP contribution in [0.25, 0.3) is 15.9 Å². The first kappa shape index (κ1) is 29.6. The van der Waals surface area contributed by atoms with E-state index in [4.69, 9.17) is 0 Å². The molecule has 9 nitrogen and oxygen atoms in total. The Bertz CT molecular complexity index is 1820. The molecule has 6 rings (SSSR count). The summed E-state index contributed by atoms with van der Waals surface area (Å²) in [5.41, 5.74) is 3.28. The number of hydrogen-bond acceptors (Lipinski definition) is 8. The number of piperidine rings is 1. The number of thiophene rings is 1. The lowest BCUT2D eigenvalue weighted by molar-refractivity contribution is -0.137. The van der Waals surface area contributed by atoms with E-state index in [1.165, 1.54) is 24.0 Å². The summed E-state index contributed by atoms with van der Waals surface area (Å²) in [5, 5.41) is 11.3. The van der Waals surface area contributed by atoms with Crippen molar-refractivity contribution >= 4 is 50.3 Å². The number of amides is 1. The fourth-order valence-corrected chi connectivity index (χ4v) is 6.16. The fourth-order valence-electron chi connectivity index (χ4n) is 5.21. The number of carbonyl (C=O) groups excluding carboxylic acids is 1. The fraction of sp³-hybridized carbons (Fsp3) is 0.290. The van der Waals surface area contributed by atoms with Crippen molar-refractivity contribution < 1.29 is 18.0 Å². The second kappa shape index (κ2) is 11.9. The molecule has 3 N–H and O–H groups in total. The molecule has 0 saturated carbocycles. The van der Waals surface area contributed by atoms with Crippen molar-refractivity contribution in [2.24, 2.45) is 0 Å². The molecule has 3 aromatic heterocycles. The Labute approximate surface area is 256 Å². The molecule has 1 amide bonds. The van der Waals surface area contributed by atoms with Gasteiger partial charge >= 0.3 is 6.18 Å². The number of anilines is 4. The van der Waals surface area contributed by atoms with Gasteiger partial charge in [0, 0.05) is 40.4 Å². The minimum Gasteiger partial charge on any atom is -0.366 e. The van der Waals surface area contributed by atoms with E-state index in [2.05, 4.69) is 42.8 Å². The first-order valence-corrected chi connectivity index (χ1v) is 15.0. The van der Waals surface area contributed by atoms with Gasteiger partial charge in [-0.1, -0.05) is 6.07 Å². The van der Waals surface area contributed by atoms with Crippen molar-refractivity contribution in [1.82, 2.24) is 24.4 Å². The number of imidazole rings is 1. The van der Waals surface area contributed by atoms with Crippen LogP contribution in [0.15, 0.2) is 60.6 Å². The number of aryl methyl sites for hydroxylation is 2. The molecule has 4 heterocycles. The number of hydrogen-bond donors (Lipinski definition) is 3. The summed E-state index contributed by atoms with van der Waals surface area (Å²) in [6.07, 6.45) is 2.08. The topological polar surface area (TPSA) is 100 Å². The molecule has 1 aliphatic heterocycles. The van der Waals surface area contributed by atoms with Gasteiger partial charge in [-0.2, -0.15) is 13.2 Å². The van der Waals surface area contributed by atoms with Gasteiger partial charge in [0.25, 0.3) is 5.91 Å². The van der Waals surface area contributed by atoms with E-state index in [1.807, 2.05) is 6.92 Å². The molecule has 13 heteroatoms. The van der Waals surface area contributed by atoms with Gasteiger partial charge < -0.3 is 25.4 Å². The third kappa shape index (κ3) is 6.38. The van der Waals surface area contributed by atoms with E-state index in [0.29, 0.717) is 39.9 Å². The summed E-state index contributed by atoms with van der Waals surface area (Å²) in [6.45, 7) is 5.64. The standard InChI is InChI=1S/C31H31F3N8OS/c1-18-4-5-22(38-23-10-20(31(32,33)34)11-24(12-23)42-14-19(2)37-17-42)13-26(18)40-30(43)25-15-44-28-27(25)35-16-36-29(28)39-21-6-8-41(3)9-7-21/h4-5,10-17,21,38H,6-9H2,1-3H3,(H,40,43)(H,35,36,39). The summed E-state index contributed by atoms with van der Waals surface area (Å²) >= 11 is 1.41. The van der Waals surface area contributed by atoms with Crippen molar-refractivity contribution in [1.29, 1.82) is 0 Å². The molecule has 1 fully saturated rings. The predicted molar refractivity (Wildman–Crippen MR) is 167 cm³/mol. The van der Waals surface area contributed by atoms with Crippen molar-refractivity contribution in [3.8, 4) is 5.69 Å². The van der Waals surface area contributed by atoms with Crippen molar-refractivity contribution in [3.05, 3.63) is 83.0 Å². The van der Waals surface area contributed by atoms with Gasteiger partial charge in [-0.25, -0.2) is 15.0 Å². The quantitative estimate of drug-likeness (QED) is 0.180. The van der Waals surface area contributed by atoms with Gasteiger partial charge in [0.1, 0.15) is 12.1 Å². The lowest BCUT2D eigenvalue weighted by atomic mass is 10.1. The predicted octanol–water partition coefficient (Wildman–Crippen LogP) is 7.01. The molecule has 0 unspecified atom stereocenters. The maximum atomic E-state index is 13.8. The Morgan fingerprint density at radius 1 is 1.02 bits per heavy atom. The molecule has 228 valence electrons. The van der Waals surface area contributed by atoms with Crippen LogP contribution < -0.4 is 16.0 Å². The van der Waals surface area contributed by atoms with Crippen LogP contribution in [0.1, 0.15) is 40.0 Å². The first-order valence-electron chi connectivity index (χ1n) is 14.1. The highest BCUT2D eigenvalue weighted by molar-refractivity contribution is 7.18. The summed E-state index contributed by atoms with van der Waals surface area (Å²) in [5.74, 6) is 0.388. The number of fused-ring (bicyclic) bond motifs is 1. The van der Waals surface area contributed by atoms with Gasteiger partial charge in [0.2, 0.25) is 0 Å². The largest absolute Gasteiger partial charge is 0.416 e. The highest BCUT2D eigenvalue weighted by Crippen LogP contribution is 2.35. The summed E-state index contributed by atoms with van der Waals surface area (Å²) < 4.78 is 43.6. The Balaban J connectivity index is 1.23. The average Bonchev–Trinajstić information content (AvgIpc) is 3.62. The maximum absolute atomic E-state index is 13.8. The molecule has 0 radical (unpaired) electrons. The van der Waals surface area contributed by atoms with Crippen LogP contribution in [0.5, 0.6) is 0 Å². The molecule has 0 bridgehead atoms. The smallest absolute Gasteiger partial charge is 0.366 e. The lowest BCUT2D eigenvalue weighted by Gasteiger charge is -2.29. The molecule has 0 aliphatic carbocycles. The molecule has 44 heavy (non-hydrogen) atoms. The van der Waals surface area contributed by atoms with E-state index < -0.39 is 11.7 Å². The SMILES string of the molecule is Cc1cn(-c2cc(Nc3ccc(C)c(NC(=O)c4csc5c(NC6CCN(C)CC6)ncnc45)c3)cc(C(F)(F)F)c2)cn1. The Morgan fingerprint density at radius 3 is 2.55 bits per heavy atom. The third-order valence-corrected chi connectivity index (χ3v) is 8.66. The van der Waals surface area contributed by atoms with Crippen molar-refractivity contribution in [3.63, 3.8) is 0 Å². The van der Waals surface area contributed by atoms with Crippen LogP contribution >= 0.6 is 11.3 Å². The van der Waals surface area contributed by atoms with Crippen LogP contribution in [0.3, 0.4) is 0 Å². The molecule has 0 atom stereocenters. The van der Waals surface area contributed by atoms with E-state index in [9.17, 15) is 18.0 Å². The Hall–Kier alpha value is -4.49.